The molecule has 21 heavy (non-hydrogen) atoms. The van der Waals surface area contributed by atoms with E-state index in [9.17, 15) is 18.0 Å². The van der Waals surface area contributed by atoms with Gasteiger partial charge in [-0.05, 0) is 24.3 Å². The molecule has 0 aliphatic heterocycles. The molecule has 2 aromatic rings. The molecule has 0 aliphatic rings. The molecule has 0 radical (unpaired) electrons. The van der Waals surface area contributed by atoms with Crippen LogP contribution < -0.4 is 5.32 Å². The van der Waals surface area contributed by atoms with Crippen molar-refractivity contribution >= 4 is 11.7 Å². The van der Waals surface area contributed by atoms with Crippen LogP contribution in [0, 0.1) is 17.5 Å². The van der Waals surface area contributed by atoms with Gasteiger partial charge in [-0.15, -0.1) is 0 Å². The molecule has 0 spiro atoms. The minimum absolute atomic E-state index is 0.217. The van der Waals surface area contributed by atoms with E-state index in [1.165, 1.54) is 30.3 Å². The summed E-state index contributed by atoms with van der Waals surface area (Å²) in [6, 6.07) is 7.46. The first-order valence-electron chi connectivity index (χ1n) is 6.06. The maximum Gasteiger partial charge on any atom is 0.333 e. The average Bonchev–Trinajstić information content (AvgIpc) is 2.47. The average molecular weight is 295 g/mol. The summed E-state index contributed by atoms with van der Waals surface area (Å²) in [6.45, 7) is 0. The number of nitrogens with one attached hydrogen (secondary N) is 1. The highest BCUT2D eigenvalue weighted by molar-refractivity contribution is 5.81. The first-order valence-corrected chi connectivity index (χ1v) is 6.06. The van der Waals surface area contributed by atoms with E-state index >= 15 is 0 Å². The summed E-state index contributed by atoms with van der Waals surface area (Å²) >= 11 is 0. The van der Waals surface area contributed by atoms with Crippen LogP contribution in [0.4, 0.5) is 18.9 Å². The molecular formula is C15H12F3NO2. The molecule has 1 unspecified atom stereocenters. The molecule has 0 fully saturated rings. The highest BCUT2D eigenvalue weighted by atomic mass is 19.2. The molecule has 0 aliphatic carbocycles. The molecule has 2 aromatic carbocycles. The predicted octanol–water partition coefficient (Wildman–Crippen LogP) is 3.43. The van der Waals surface area contributed by atoms with Crippen LogP contribution in [0.5, 0.6) is 0 Å². The maximum absolute atomic E-state index is 13.8. The van der Waals surface area contributed by atoms with Crippen molar-refractivity contribution in [3.63, 3.8) is 0 Å². The number of hydrogen-bond donors (Lipinski definition) is 1. The summed E-state index contributed by atoms with van der Waals surface area (Å²) in [6.07, 6.45) is 0. The Bertz CT molecular complexity index is 661. The first-order chi connectivity index (χ1) is 10.0. The maximum atomic E-state index is 13.8. The van der Waals surface area contributed by atoms with Crippen molar-refractivity contribution in [2.24, 2.45) is 0 Å². The molecule has 0 amide bonds. The van der Waals surface area contributed by atoms with E-state index in [2.05, 4.69) is 10.1 Å². The highest BCUT2D eigenvalue weighted by Crippen LogP contribution is 2.25. The zero-order chi connectivity index (χ0) is 15.4. The summed E-state index contributed by atoms with van der Waals surface area (Å²) in [4.78, 5) is 11.8. The van der Waals surface area contributed by atoms with Gasteiger partial charge in [-0.25, -0.2) is 18.0 Å². The zero-order valence-electron chi connectivity index (χ0n) is 11.1. The number of halogens is 3. The van der Waals surface area contributed by atoms with Gasteiger partial charge in [-0.2, -0.15) is 0 Å². The third-order valence-electron chi connectivity index (χ3n) is 2.86. The van der Waals surface area contributed by atoms with Crippen LogP contribution in [-0.4, -0.2) is 13.1 Å². The number of hydrogen-bond acceptors (Lipinski definition) is 3. The molecule has 6 heteroatoms. The number of anilines is 1. The van der Waals surface area contributed by atoms with Gasteiger partial charge in [0.1, 0.15) is 5.82 Å². The molecule has 2 rings (SSSR count). The van der Waals surface area contributed by atoms with Gasteiger partial charge in [-0.1, -0.05) is 18.2 Å². The van der Waals surface area contributed by atoms with Crippen molar-refractivity contribution in [3.05, 3.63) is 65.5 Å². The third-order valence-corrected chi connectivity index (χ3v) is 2.86. The lowest BCUT2D eigenvalue weighted by molar-refractivity contribution is -0.141. The molecule has 0 saturated heterocycles. The van der Waals surface area contributed by atoms with Crippen molar-refractivity contribution < 1.29 is 22.7 Å². The topological polar surface area (TPSA) is 38.3 Å². The Hall–Kier alpha value is -2.50. The Morgan fingerprint density at radius 3 is 2.52 bits per heavy atom. The van der Waals surface area contributed by atoms with Crippen molar-refractivity contribution in [2.75, 3.05) is 12.4 Å². The minimum atomic E-state index is -1.28. The summed E-state index contributed by atoms with van der Waals surface area (Å²) in [7, 11) is 1.12. The molecule has 1 N–H and O–H groups in total. The molecule has 0 bridgehead atoms. The van der Waals surface area contributed by atoms with Gasteiger partial charge in [0.05, 0.1) is 7.11 Å². The number of ether oxygens (including phenoxy) is 1. The second-order valence-electron chi connectivity index (χ2n) is 4.25. The smallest absolute Gasteiger partial charge is 0.333 e. The van der Waals surface area contributed by atoms with Crippen LogP contribution in [0.3, 0.4) is 0 Å². The zero-order valence-corrected chi connectivity index (χ0v) is 11.1. The van der Waals surface area contributed by atoms with E-state index in [1.54, 1.807) is 0 Å². The SMILES string of the molecule is COC(=O)C(Nc1cccc(F)c1)c1cccc(F)c1F. The number of carbonyl (C=O) groups excluding carboxylic acids is 1. The van der Waals surface area contributed by atoms with Crippen LogP contribution in [0.1, 0.15) is 11.6 Å². The standard InChI is InChI=1S/C15H12F3NO2/c1-21-15(20)14(11-6-3-7-12(17)13(11)18)19-10-5-2-4-9(16)8-10/h2-8,14,19H,1H3. The van der Waals surface area contributed by atoms with Gasteiger partial charge in [-0.3, -0.25) is 0 Å². The number of benzene rings is 2. The molecule has 0 aromatic heterocycles. The van der Waals surface area contributed by atoms with E-state index in [-0.39, 0.29) is 11.3 Å². The molecule has 1 atom stereocenters. The number of methoxy groups -OCH3 is 1. The van der Waals surface area contributed by atoms with Gasteiger partial charge in [0.25, 0.3) is 0 Å². The lowest BCUT2D eigenvalue weighted by Crippen LogP contribution is -2.23. The Balaban J connectivity index is 2.39. The second kappa shape index (κ2) is 6.30. The summed E-state index contributed by atoms with van der Waals surface area (Å²) < 4.78 is 44.9. The van der Waals surface area contributed by atoms with Crippen molar-refractivity contribution in [1.82, 2.24) is 0 Å². The number of carbonyl (C=O) groups is 1. The molecule has 0 heterocycles. The van der Waals surface area contributed by atoms with Gasteiger partial charge in [0, 0.05) is 11.3 Å². The summed E-state index contributed by atoms with van der Waals surface area (Å²) in [5, 5.41) is 2.63. The van der Waals surface area contributed by atoms with Crippen molar-refractivity contribution in [3.8, 4) is 0 Å². The number of esters is 1. The van der Waals surface area contributed by atoms with Crippen LogP contribution in [0.2, 0.25) is 0 Å². The van der Waals surface area contributed by atoms with E-state index < -0.39 is 29.5 Å². The third kappa shape index (κ3) is 3.34. The van der Waals surface area contributed by atoms with Crippen LogP contribution in [-0.2, 0) is 9.53 Å². The van der Waals surface area contributed by atoms with Crippen LogP contribution in [0.15, 0.2) is 42.5 Å². The lowest BCUT2D eigenvalue weighted by atomic mass is 10.1. The summed E-state index contributed by atoms with van der Waals surface area (Å²) in [5.74, 6) is -3.58. The molecular weight excluding hydrogens is 283 g/mol. The summed E-state index contributed by atoms with van der Waals surface area (Å²) in [5.41, 5.74) is 0.0279. The Labute approximate surface area is 119 Å². The van der Waals surface area contributed by atoms with Crippen LogP contribution >= 0.6 is 0 Å². The van der Waals surface area contributed by atoms with E-state index in [1.807, 2.05) is 0 Å². The monoisotopic (exact) mass is 295 g/mol. The van der Waals surface area contributed by atoms with Gasteiger partial charge < -0.3 is 10.1 Å². The number of rotatable bonds is 4. The fraction of sp³-hybridized carbons (Fsp3) is 0.133. The Kier molecular flexibility index (Phi) is 4.47. The Morgan fingerprint density at radius 1 is 1.14 bits per heavy atom. The molecule has 0 saturated carbocycles. The fourth-order valence-electron chi connectivity index (χ4n) is 1.87. The highest BCUT2D eigenvalue weighted by Gasteiger charge is 2.26. The fourth-order valence-corrected chi connectivity index (χ4v) is 1.87. The largest absolute Gasteiger partial charge is 0.467 e. The molecule has 110 valence electrons. The lowest BCUT2D eigenvalue weighted by Gasteiger charge is -2.18. The van der Waals surface area contributed by atoms with Gasteiger partial charge in [0.2, 0.25) is 0 Å². The quantitative estimate of drug-likeness (QED) is 0.878. The van der Waals surface area contributed by atoms with Gasteiger partial charge >= 0.3 is 5.97 Å². The van der Waals surface area contributed by atoms with E-state index in [4.69, 9.17) is 0 Å². The normalized spacial score (nSPS) is 11.8. The second-order valence-corrected chi connectivity index (χ2v) is 4.25. The molecule has 3 nitrogen and oxygen atoms in total. The van der Waals surface area contributed by atoms with Crippen molar-refractivity contribution in [1.29, 1.82) is 0 Å². The van der Waals surface area contributed by atoms with E-state index in [0.29, 0.717) is 0 Å². The van der Waals surface area contributed by atoms with Crippen LogP contribution in [0.25, 0.3) is 0 Å². The minimum Gasteiger partial charge on any atom is -0.467 e. The Morgan fingerprint density at radius 2 is 1.86 bits per heavy atom. The van der Waals surface area contributed by atoms with Gasteiger partial charge in [0.15, 0.2) is 17.7 Å². The first kappa shape index (κ1) is 14.9. The van der Waals surface area contributed by atoms with Crippen molar-refractivity contribution in [2.45, 2.75) is 6.04 Å². The predicted molar refractivity (Wildman–Crippen MR) is 71.1 cm³/mol. The van der Waals surface area contributed by atoms with E-state index in [0.717, 1.165) is 19.2 Å².